The molecule has 84 valence electrons. The van der Waals surface area contributed by atoms with Crippen molar-refractivity contribution in [3.05, 3.63) is 35.4 Å². The minimum absolute atomic E-state index is 0.126. The molecule has 0 fully saturated rings. The van der Waals surface area contributed by atoms with E-state index < -0.39 is 0 Å². The van der Waals surface area contributed by atoms with Gasteiger partial charge in [0.2, 0.25) is 0 Å². The largest absolute Gasteiger partial charge is 0.465 e. The Morgan fingerprint density at radius 1 is 1.50 bits per heavy atom. The Morgan fingerprint density at radius 2 is 2.31 bits per heavy atom. The SMILES string of the molecule is CCOC(=O)CC#Cc1cccc(CN)c1. The van der Waals surface area contributed by atoms with Crippen LogP contribution >= 0.6 is 0 Å². The van der Waals surface area contributed by atoms with E-state index in [-0.39, 0.29) is 12.4 Å². The minimum atomic E-state index is -0.287. The number of hydrogen-bond donors (Lipinski definition) is 1. The second kappa shape index (κ2) is 6.65. The van der Waals surface area contributed by atoms with Crippen molar-refractivity contribution in [3.8, 4) is 11.8 Å². The van der Waals surface area contributed by atoms with E-state index in [1.165, 1.54) is 0 Å². The van der Waals surface area contributed by atoms with Gasteiger partial charge in [-0.25, -0.2) is 0 Å². The van der Waals surface area contributed by atoms with Crippen molar-refractivity contribution in [1.82, 2.24) is 0 Å². The van der Waals surface area contributed by atoms with Crippen LogP contribution in [0.3, 0.4) is 0 Å². The molecule has 0 radical (unpaired) electrons. The molecule has 0 amide bonds. The highest BCUT2D eigenvalue weighted by molar-refractivity contribution is 5.72. The highest BCUT2D eigenvalue weighted by Gasteiger charge is 1.96. The van der Waals surface area contributed by atoms with Gasteiger partial charge in [-0.05, 0) is 24.6 Å². The molecule has 0 aromatic heterocycles. The van der Waals surface area contributed by atoms with Crippen molar-refractivity contribution in [3.63, 3.8) is 0 Å². The fourth-order valence-corrected chi connectivity index (χ4v) is 1.21. The van der Waals surface area contributed by atoms with E-state index in [9.17, 15) is 4.79 Å². The summed E-state index contributed by atoms with van der Waals surface area (Å²) in [6.07, 6.45) is 0.126. The molecule has 3 nitrogen and oxygen atoms in total. The van der Waals surface area contributed by atoms with Crippen LogP contribution in [0, 0.1) is 11.8 Å². The average Bonchev–Trinajstić information content (AvgIpc) is 2.30. The zero-order valence-electron chi connectivity index (χ0n) is 9.32. The minimum Gasteiger partial charge on any atom is -0.465 e. The van der Waals surface area contributed by atoms with Crippen molar-refractivity contribution in [2.45, 2.75) is 19.9 Å². The van der Waals surface area contributed by atoms with E-state index in [0.717, 1.165) is 11.1 Å². The maximum atomic E-state index is 11.0. The molecule has 1 aromatic carbocycles. The maximum absolute atomic E-state index is 11.0. The van der Waals surface area contributed by atoms with E-state index in [1.807, 2.05) is 24.3 Å². The van der Waals surface area contributed by atoms with Crippen LogP contribution in [0.5, 0.6) is 0 Å². The van der Waals surface area contributed by atoms with E-state index in [1.54, 1.807) is 6.92 Å². The first kappa shape index (κ1) is 12.3. The molecule has 0 aliphatic rings. The molecule has 3 heteroatoms. The molecule has 0 spiro atoms. The lowest BCUT2D eigenvalue weighted by molar-refractivity contribution is -0.141. The molecule has 0 heterocycles. The van der Waals surface area contributed by atoms with Crippen LogP contribution in [0.1, 0.15) is 24.5 Å². The van der Waals surface area contributed by atoms with Gasteiger partial charge in [-0.3, -0.25) is 4.79 Å². The summed E-state index contributed by atoms with van der Waals surface area (Å²) in [6.45, 7) is 2.66. The second-order valence-electron chi connectivity index (χ2n) is 3.19. The Bertz CT molecular complexity index is 415. The molecule has 0 aliphatic heterocycles. The number of hydrogen-bond acceptors (Lipinski definition) is 3. The molecule has 0 saturated heterocycles. The van der Waals surface area contributed by atoms with Crippen LogP contribution in [0.4, 0.5) is 0 Å². The third-order valence-corrected chi connectivity index (χ3v) is 1.93. The number of carbonyl (C=O) groups is 1. The Balaban J connectivity index is 2.59. The van der Waals surface area contributed by atoms with Crippen molar-refractivity contribution in [2.75, 3.05) is 6.61 Å². The van der Waals surface area contributed by atoms with Crippen LogP contribution in [0.15, 0.2) is 24.3 Å². The smallest absolute Gasteiger partial charge is 0.317 e. The highest BCUT2D eigenvalue weighted by atomic mass is 16.5. The molecule has 1 rings (SSSR count). The topological polar surface area (TPSA) is 52.3 Å². The summed E-state index contributed by atoms with van der Waals surface area (Å²) in [4.78, 5) is 11.0. The van der Waals surface area contributed by atoms with Gasteiger partial charge in [0.05, 0.1) is 6.61 Å². The van der Waals surface area contributed by atoms with E-state index >= 15 is 0 Å². The van der Waals surface area contributed by atoms with E-state index in [4.69, 9.17) is 10.5 Å². The molecule has 0 unspecified atom stereocenters. The number of benzene rings is 1. The van der Waals surface area contributed by atoms with Gasteiger partial charge in [-0.1, -0.05) is 24.0 Å². The lowest BCUT2D eigenvalue weighted by Crippen LogP contribution is -2.01. The summed E-state index contributed by atoms with van der Waals surface area (Å²) in [5.74, 6) is 5.39. The van der Waals surface area contributed by atoms with Crippen LogP contribution in [-0.2, 0) is 16.1 Å². The van der Waals surface area contributed by atoms with Crippen LogP contribution in [0.25, 0.3) is 0 Å². The molecule has 0 saturated carbocycles. The third kappa shape index (κ3) is 4.16. The summed E-state index contributed by atoms with van der Waals surface area (Å²) in [5.41, 5.74) is 7.41. The molecule has 1 aromatic rings. The molecular weight excluding hydrogens is 202 g/mol. The monoisotopic (exact) mass is 217 g/mol. The number of carbonyl (C=O) groups excluding carboxylic acids is 1. The third-order valence-electron chi connectivity index (χ3n) is 1.93. The fourth-order valence-electron chi connectivity index (χ4n) is 1.21. The number of esters is 1. The highest BCUT2D eigenvalue weighted by Crippen LogP contribution is 2.02. The summed E-state index contributed by atoms with van der Waals surface area (Å²) in [6, 6.07) is 7.64. The molecular formula is C13H15NO2. The maximum Gasteiger partial charge on any atom is 0.317 e. The van der Waals surface area contributed by atoms with Gasteiger partial charge in [0.1, 0.15) is 6.42 Å². The normalized spacial score (nSPS) is 9.12. The number of rotatable bonds is 3. The lowest BCUT2D eigenvalue weighted by Gasteiger charge is -1.96. The van der Waals surface area contributed by atoms with Crippen molar-refractivity contribution in [1.29, 1.82) is 0 Å². The Kier molecular flexibility index (Phi) is 5.10. The van der Waals surface area contributed by atoms with E-state index in [2.05, 4.69) is 11.8 Å². The Hall–Kier alpha value is -1.79. The zero-order chi connectivity index (χ0) is 11.8. The van der Waals surface area contributed by atoms with Crippen molar-refractivity contribution >= 4 is 5.97 Å². The molecule has 2 N–H and O–H groups in total. The predicted octanol–water partition coefficient (Wildman–Crippen LogP) is 1.45. The van der Waals surface area contributed by atoms with Gasteiger partial charge in [0.15, 0.2) is 0 Å². The first-order valence-corrected chi connectivity index (χ1v) is 5.19. The van der Waals surface area contributed by atoms with Crippen molar-refractivity contribution < 1.29 is 9.53 Å². The zero-order valence-corrected chi connectivity index (χ0v) is 9.32. The van der Waals surface area contributed by atoms with Crippen LogP contribution in [-0.4, -0.2) is 12.6 Å². The number of ether oxygens (including phenoxy) is 1. The Morgan fingerprint density at radius 3 is 3.00 bits per heavy atom. The van der Waals surface area contributed by atoms with Gasteiger partial charge in [-0.2, -0.15) is 0 Å². The molecule has 0 bridgehead atoms. The van der Waals surface area contributed by atoms with Crippen LogP contribution in [0.2, 0.25) is 0 Å². The summed E-state index contributed by atoms with van der Waals surface area (Å²) < 4.78 is 4.76. The van der Waals surface area contributed by atoms with Gasteiger partial charge in [-0.15, -0.1) is 0 Å². The van der Waals surface area contributed by atoms with Crippen molar-refractivity contribution in [2.24, 2.45) is 5.73 Å². The van der Waals surface area contributed by atoms with E-state index in [0.29, 0.717) is 13.2 Å². The fraction of sp³-hybridized carbons (Fsp3) is 0.308. The second-order valence-corrected chi connectivity index (χ2v) is 3.19. The Labute approximate surface area is 95.6 Å². The number of nitrogens with two attached hydrogens (primary N) is 1. The molecule has 0 aliphatic carbocycles. The quantitative estimate of drug-likeness (QED) is 0.616. The van der Waals surface area contributed by atoms with Gasteiger partial charge in [0, 0.05) is 12.1 Å². The lowest BCUT2D eigenvalue weighted by atomic mass is 10.1. The summed E-state index contributed by atoms with van der Waals surface area (Å²) >= 11 is 0. The summed E-state index contributed by atoms with van der Waals surface area (Å²) in [7, 11) is 0. The van der Waals surface area contributed by atoms with Gasteiger partial charge in [0.25, 0.3) is 0 Å². The van der Waals surface area contributed by atoms with Gasteiger partial charge < -0.3 is 10.5 Å². The molecule has 0 atom stereocenters. The van der Waals surface area contributed by atoms with Gasteiger partial charge >= 0.3 is 5.97 Å². The molecule has 16 heavy (non-hydrogen) atoms. The average molecular weight is 217 g/mol. The first-order valence-electron chi connectivity index (χ1n) is 5.19. The predicted molar refractivity (Wildman–Crippen MR) is 62.5 cm³/mol. The summed E-state index contributed by atoms with van der Waals surface area (Å²) in [5, 5.41) is 0. The van der Waals surface area contributed by atoms with Crippen LogP contribution < -0.4 is 5.73 Å². The standard InChI is InChI=1S/C13H15NO2/c1-2-16-13(15)8-4-6-11-5-3-7-12(9-11)10-14/h3,5,7,9H,2,8,10,14H2,1H3. The first-order chi connectivity index (χ1) is 7.76.